The molecule has 2 heterocycles. The van der Waals surface area contributed by atoms with E-state index in [-0.39, 0.29) is 5.78 Å². The molecule has 5 nitrogen and oxygen atoms in total. The normalized spacial score (nSPS) is 21.0. The Morgan fingerprint density at radius 2 is 2.62 bits per heavy atom. The van der Waals surface area contributed by atoms with Crippen LogP contribution >= 0.6 is 15.9 Å². The van der Waals surface area contributed by atoms with Crippen LogP contribution in [0.15, 0.2) is 10.7 Å². The summed E-state index contributed by atoms with van der Waals surface area (Å²) in [6.45, 7) is 4.58. The number of morpholine rings is 1. The number of aromatic nitrogens is 2. The molecule has 2 rings (SSSR count). The number of halogens is 1. The highest BCUT2D eigenvalue weighted by molar-refractivity contribution is 9.10. The lowest BCUT2D eigenvalue weighted by molar-refractivity contribution is 0.0261. The van der Waals surface area contributed by atoms with Crippen LogP contribution in [0.2, 0.25) is 0 Å². The van der Waals surface area contributed by atoms with Crippen molar-refractivity contribution < 1.29 is 9.53 Å². The maximum Gasteiger partial charge on any atom is 0.211 e. The van der Waals surface area contributed by atoms with E-state index in [2.05, 4.69) is 26.3 Å². The number of ether oxygens (including phenoxy) is 1. The molecule has 6 heteroatoms. The number of nitrogens with one attached hydrogen (secondary N) is 1. The fourth-order valence-corrected chi connectivity index (χ4v) is 2.23. The maximum absolute atomic E-state index is 12.2. The molecule has 1 fully saturated rings. The number of Topliss-reactive ketones (excluding diaryl/α,β-unsaturated/α-hetero) is 1. The van der Waals surface area contributed by atoms with E-state index >= 15 is 0 Å². The van der Waals surface area contributed by atoms with Crippen LogP contribution in [-0.4, -0.2) is 41.4 Å². The van der Waals surface area contributed by atoms with Crippen molar-refractivity contribution in [2.75, 3.05) is 19.7 Å². The van der Waals surface area contributed by atoms with Gasteiger partial charge in [0.25, 0.3) is 0 Å². The quantitative estimate of drug-likeness (QED) is 0.837. The van der Waals surface area contributed by atoms with Crippen LogP contribution in [0.4, 0.5) is 0 Å². The summed E-state index contributed by atoms with van der Waals surface area (Å²) in [6, 6.07) is 0. The number of hydrogen-bond acceptors (Lipinski definition) is 4. The Kier molecular flexibility index (Phi) is 3.73. The highest BCUT2D eigenvalue weighted by atomic mass is 79.9. The zero-order valence-electron chi connectivity index (χ0n) is 9.07. The first kappa shape index (κ1) is 11.8. The van der Waals surface area contributed by atoms with Crippen molar-refractivity contribution in [3.05, 3.63) is 16.4 Å². The molecule has 1 N–H and O–H groups in total. The molecule has 0 radical (unpaired) electrons. The van der Waals surface area contributed by atoms with Gasteiger partial charge in [-0.3, -0.25) is 9.48 Å². The van der Waals surface area contributed by atoms with Crippen molar-refractivity contribution in [2.45, 2.75) is 19.6 Å². The Morgan fingerprint density at radius 3 is 3.25 bits per heavy atom. The monoisotopic (exact) mass is 287 g/mol. The van der Waals surface area contributed by atoms with E-state index in [0.717, 1.165) is 11.0 Å². The molecular formula is C10H14BrN3O2. The van der Waals surface area contributed by atoms with Crippen molar-refractivity contribution in [1.82, 2.24) is 15.1 Å². The molecule has 0 aromatic carbocycles. The Morgan fingerprint density at radius 1 is 1.81 bits per heavy atom. The van der Waals surface area contributed by atoms with Crippen molar-refractivity contribution in [2.24, 2.45) is 0 Å². The average Bonchev–Trinajstić information content (AvgIpc) is 2.70. The third-order valence-corrected chi connectivity index (χ3v) is 3.13. The van der Waals surface area contributed by atoms with Gasteiger partial charge in [0.05, 0.1) is 17.3 Å². The van der Waals surface area contributed by atoms with Crippen LogP contribution < -0.4 is 5.32 Å². The summed E-state index contributed by atoms with van der Waals surface area (Å²) in [7, 11) is 0. The van der Waals surface area contributed by atoms with Gasteiger partial charge in [-0.1, -0.05) is 0 Å². The molecule has 0 amide bonds. The van der Waals surface area contributed by atoms with Gasteiger partial charge in [0.2, 0.25) is 5.78 Å². The summed E-state index contributed by atoms with van der Waals surface area (Å²) in [6.07, 6.45) is 1.25. The largest absolute Gasteiger partial charge is 0.367 e. The van der Waals surface area contributed by atoms with Gasteiger partial charge < -0.3 is 10.1 Å². The van der Waals surface area contributed by atoms with Gasteiger partial charge in [-0.15, -0.1) is 0 Å². The number of ketones is 1. The van der Waals surface area contributed by atoms with E-state index in [1.165, 1.54) is 0 Å². The second kappa shape index (κ2) is 5.07. The molecule has 0 spiro atoms. The molecule has 1 atom stereocenters. The SMILES string of the molecule is CCn1ncc(Br)c1C(=O)C1CNCCO1. The number of rotatable bonds is 3. The molecule has 1 aromatic rings. The molecular weight excluding hydrogens is 274 g/mol. The molecule has 1 unspecified atom stereocenters. The second-order valence-corrected chi connectivity index (χ2v) is 4.44. The maximum atomic E-state index is 12.2. The Balaban J connectivity index is 2.21. The predicted octanol–water partition coefficient (Wildman–Crippen LogP) is 0.837. The summed E-state index contributed by atoms with van der Waals surface area (Å²) < 4.78 is 7.86. The molecule has 1 aromatic heterocycles. The van der Waals surface area contributed by atoms with Crippen molar-refractivity contribution in [1.29, 1.82) is 0 Å². The molecule has 0 aliphatic carbocycles. The van der Waals surface area contributed by atoms with Gasteiger partial charge >= 0.3 is 0 Å². The minimum absolute atomic E-state index is 0.0153. The summed E-state index contributed by atoms with van der Waals surface area (Å²) in [5.74, 6) is -0.0153. The van der Waals surface area contributed by atoms with Crippen LogP contribution in [0.25, 0.3) is 0 Å². The van der Waals surface area contributed by atoms with E-state index in [1.54, 1.807) is 10.9 Å². The fraction of sp³-hybridized carbons (Fsp3) is 0.600. The second-order valence-electron chi connectivity index (χ2n) is 3.58. The molecule has 1 saturated heterocycles. The highest BCUT2D eigenvalue weighted by Crippen LogP contribution is 2.19. The van der Waals surface area contributed by atoms with Crippen LogP contribution in [0, 0.1) is 0 Å². The van der Waals surface area contributed by atoms with E-state index in [0.29, 0.717) is 25.4 Å². The van der Waals surface area contributed by atoms with Gasteiger partial charge in [0.1, 0.15) is 11.8 Å². The number of carbonyl (C=O) groups is 1. The van der Waals surface area contributed by atoms with Gasteiger partial charge in [-0.2, -0.15) is 5.10 Å². The molecule has 1 aliphatic heterocycles. The van der Waals surface area contributed by atoms with Crippen LogP contribution in [-0.2, 0) is 11.3 Å². The highest BCUT2D eigenvalue weighted by Gasteiger charge is 2.27. The third-order valence-electron chi connectivity index (χ3n) is 2.55. The van der Waals surface area contributed by atoms with E-state index < -0.39 is 6.10 Å². The van der Waals surface area contributed by atoms with Gasteiger partial charge in [0, 0.05) is 19.6 Å². The van der Waals surface area contributed by atoms with E-state index in [9.17, 15) is 4.79 Å². The Hall–Kier alpha value is -0.720. The molecule has 88 valence electrons. The number of aryl methyl sites for hydroxylation is 1. The zero-order chi connectivity index (χ0) is 11.5. The van der Waals surface area contributed by atoms with E-state index in [1.807, 2.05) is 6.92 Å². The zero-order valence-corrected chi connectivity index (χ0v) is 10.7. The van der Waals surface area contributed by atoms with Crippen LogP contribution in [0.1, 0.15) is 17.4 Å². The van der Waals surface area contributed by atoms with Crippen LogP contribution in [0.5, 0.6) is 0 Å². The van der Waals surface area contributed by atoms with Gasteiger partial charge in [0.15, 0.2) is 0 Å². The standard InChI is InChI=1S/C10H14BrN3O2/c1-2-14-9(7(11)5-13-14)10(15)8-6-12-3-4-16-8/h5,8,12H,2-4,6H2,1H3. The summed E-state index contributed by atoms with van der Waals surface area (Å²) in [5, 5.41) is 7.27. The predicted molar refractivity (Wildman–Crippen MR) is 62.5 cm³/mol. The van der Waals surface area contributed by atoms with Crippen molar-refractivity contribution in [3.63, 3.8) is 0 Å². The van der Waals surface area contributed by atoms with Gasteiger partial charge in [-0.05, 0) is 22.9 Å². The number of hydrogen-bond donors (Lipinski definition) is 1. The van der Waals surface area contributed by atoms with E-state index in [4.69, 9.17) is 4.74 Å². The lowest BCUT2D eigenvalue weighted by atomic mass is 10.1. The lowest BCUT2D eigenvalue weighted by Gasteiger charge is -2.22. The Bertz CT molecular complexity index is 385. The Labute approximate surface area is 102 Å². The summed E-state index contributed by atoms with van der Waals surface area (Å²) in [5.41, 5.74) is 0.594. The van der Waals surface area contributed by atoms with Crippen molar-refractivity contribution in [3.8, 4) is 0 Å². The molecule has 0 saturated carbocycles. The van der Waals surface area contributed by atoms with Crippen molar-refractivity contribution >= 4 is 21.7 Å². The molecule has 0 bridgehead atoms. The number of carbonyl (C=O) groups excluding carboxylic acids is 1. The minimum atomic E-state index is -0.396. The van der Waals surface area contributed by atoms with Crippen LogP contribution in [0.3, 0.4) is 0 Å². The molecule has 1 aliphatic rings. The smallest absolute Gasteiger partial charge is 0.211 e. The summed E-state index contributed by atoms with van der Waals surface area (Å²) in [4.78, 5) is 12.2. The molecule has 16 heavy (non-hydrogen) atoms. The topological polar surface area (TPSA) is 56.2 Å². The minimum Gasteiger partial charge on any atom is -0.367 e. The first-order valence-corrected chi connectivity index (χ1v) is 6.11. The average molecular weight is 288 g/mol. The first-order valence-electron chi connectivity index (χ1n) is 5.32. The van der Waals surface area contributed by atoms with Gasteiger partial charge in [-0.25, -0.2) is 0 Å². The summed E-state index contributed by atoms with van der Waals surface area (Å²) >= 11 is 3.35. The lowest BCUT2D eigenvalue weighted by Crippen LogP contribution is -2.43. The number of nitrogens with zero attached hydrogens (tertiary/aromatic N) is 2. The third kappa shape index (κ3) is 2.18. The fourth-order valence-electron chi connectivity index (χ4n) is 1.73. The first-order chi connectivity index (χ1) is 7.74.